The van der Waals surface area contributed by atoms with Crippen LogP contribution in [0.5, 0.6) is 0 Å². The Morgan fingerprint density at radius 3 is 2.82 bits per heavy atom. The van der Waals surface area contributed by atoms with E-state index in [0.717, 1.165) is 16.6 Å². The highest BCUT2D eigenvalue weighted by atomic mass is 19.1. The van der Waals surface area contributed by atoms with Crippen molar-refractivity contribution in [2.45, 2.75) is 6.54 Å². The van der Waals surface area contributed by atoms with Crippen LogP contribution in [0.2, 0.25) is 0 Å². The summed E-state index contributed by atoms with van der Waals surface area (Å²) >= 11 is 0. The van der Waals surface area contributed by atoms with Gasteiger partial charge in [0.1, 0.15) is 22.8 Å². The molecule has 4 rings (SSSR count). The molecule has 3 heterocycles. The highest BCUT2D eigenvalue weighted by Gasteiger charge is 2.20. The lowest BCUT2D eigenvalue weighted by molar-refractivity contribution is 0.627. The van der Waals surface area contributed by atoms with Crippen LogP contribution in [0.4, 0.5) is 10.2 Å². The minimum atomic E-state index is -0.467. The van der Waals surface area contributed by atoms with Gasteiger partial charge in [0.25, 0.3) is 0 Å². The number of aryl methyl sites for hydroxylation is 1. The Morgan fingerprint density at radius 2 is 2.14 bits per heavy atom. The van der Waals surface area contributed by atoms with Gasteiger partial charge in [-0.05, 0) is 31.3 Å². The van der Waals surface area contributed by atoms with E-state index in [4.69, 9.17) is 13.0 Å². The van der Waals surface area contributed by atoms with Crippen LogP contribution >= 0.6 is 0 Å². The van der Waals surface area contributed by atoms with Crippen LogP contribution in [0, 0.1) is 17.1 Å². The molecule has 136 valence electrons. The Balaban J connectivity index is 2.14. The largest absolute Gasteiger partial charge is 0.411 e. The highest BCUT2D eigenvalue weighted by molar-refractivity contribution is 6.20. The van der Waals surface area contributed by atoms with E-state index < -0.39 is 5.82 Å². The Hall–Kier alpha value is -3.60. The van der Waals surface area contributed by atoms with E-state index in [-0.39, 0.29) is 5.56 Å². The Bertz CT molecular complexity index is 1280. The number of anilines is 1. The second-order valence-corrected chi connectivity index (χ2v) is 6.61. The number of benzene rings is 1. The number of fused-ring (bicyclic) bond motifs is 3. The average Bonchev–Trinajstić information content (AvgIpc) is 3.22. The predicted octanol–water partition coefficient (Wildman–Crippen LogP) is 3.31. The first kappa shape index (κ1) is 17.8. The number of allylic oxidation sites excluding steroid dienone is 1. The maximum atomic E-state index is 14.1. The summed E-state index contributed by atoms with van der Waals surface area (Å²) < 4.78 is 17.9. The van der Waals surface area contributed by atoms with Gasteiger partial charge in [-0.2, -0.15) is 5.26 Å². The number of imidazole rings is 1. The molecule has 0 saturated carbocycles. The minimum absolute atomic E-state index is 0.256. The number of pyridine rings is 1. The monoisotopic (exact) mass is 370 g/mol. The lowest BCUT2D eigenvalue weighted by Gasteiger charge is -2.14. The topological polar surface area (TPSA) is 62.7 Å². The third kappa shape index (κ3) is 2.64. The van der Waals surface area contributed by atoms with Crippen molar-refractivity contribution in [1.82, 2.24) is 19.1 Å². The van der Waals surface area contributed by atoms with Crippen molar-refractivity contribution in [3.05, 3.63) is 54.6 Å². The fraction of sp³-hybridized carbons (Fsp3) is 0.150. The number of hydrogen-bond acceptors (Lipinski definition) is 4. The molecule has 0 saturated heterocycles. The smallest absolute Gasteiger partial charge is 0.228 e. The number of halogens is 1. The van der Waals surface area contributed by atoms with Crippen LogP contribution in [-0.2, 0) is 13.6 Å². The van der Waals surface area contributed by atoms with Crippen molar-refractivity contribution < 1.29 is 4.39 Å². The molecule has 0 unspecified atom stereocenters. The van der Waals surface area contributed by atoms with Crippen molar-refractivity contribution >= 4 is 35.9 Å². The van der Waals surface area contributed by atoms with Gasteiger partial charge in [0.05, 0.1) is 29.2 Å². The second kappa shape index (κ2) is 6.53. The van der Waals surface area contributed by atoms with Crippen LogP contribution in [-0.4, -0.2) is 34.1 Å². The summed E-state index contributed by atoms with van der Waals surface area (Å²) in [7, 11) is 9.59. The number of rotatable bonds is 4. The fourth-order valence-corrected chi connectivity index (χ4v) is 3.50. The fourth-order valence-electron chi connectivity index (χ4n) is 3.50. The van der Waals surface area contributed by atoms with Crippen LogP contribution in [0.1, 0.15) is 5.56 Å². The standard InChI is InChI=1S/C20H16BFN6/c1-4-5-28-16(13-6-12(10-23)7-14(22)8-13)9-15-18-17(24-11-26(18)2)20(27(3)21)25-19(15)28/h4,6-9,11H,1,5H2,2-3H3. The van der Waals surface area contributed by atoms with Crippen molar-refractivity contribution in [3.63, 3.8) is 0 Å². The van der Waals surface area contributed by atoms with Crippen molar-refractivity contribution in [2.24, 2.45) is 7.05 Å². The van der Waals surface area contributed by atoms with Gasteiger partial charge in [0.2, 0.25) is 7.98 Å². The van der Waals surface area contributed by atoms with Crippen molar-refractivity contribution in [1.29, 1.82) is 5.26 Å². The molecule has 0 aliphatic carbocycles. The summed E-state index contributed by atoms with van der Waals surface area (Å²) in [6, 6.07) is 8.22. The number of aromatic nitrogens is 4. The first-order chi connectivity index (χ1) is 13.4. The molecule has 0 N–H and O–H groups in total. The molecule has 0 bridgehead atoms. The number of hydrogen-bond donors (Lipinski definition) is 0. The third-order valence-corrected chi connectivity index (χ3v) is 4.65. The molecule has 6 nitrogen and oxygen atoms in total. The van der Waals surface area contributed by atoms with Crippen LogP contribution < -0.4 is 4.81 Å². The van der Waals surface area contributed by atoms with E-state index in [1.807, 2.05) is 28.3 Å². The van der Waals surface area contributed by atoms with E-state index in [1.54, 1.807) is 25.5 Å². The molecule has 0 amide bonds. The first-order valence-electron chi connectivity index (χ1n) is 8.59. The molecular weight excluding hydrogens is 354 g/mol. The van der Waals surface area contributed by atoms with E-state index in [1.165, 1.54) is 16.9 Å². The number of nitrogens with zero attached hydrogens (tertiary/aromatic N) is 6. The second-order valence-electron chi connectivity index (χ2n) is 6.61. The molecule has 1 aromatic carbocycles. The molecule has 0 spiro atoms. The zero-order valence-corrected chi connectivity index (χ0v) is 15.5. The molecule has 0 aliphatic heterocycles. The summed E-state index contributed by atoms with van der Waals surface area (Å²) in [5, 5.41) is 10.1. The van der Waals surface area contributed by atoms with E-state index in [2.05, 4.69) is 11.6 Å². The molecule has 0 aliphatic rings. The molecule has 4 aromatic rings. The Labute approximate surface area is 162 Å². The quantitative estimate of drug-likeness (QED) is 0.409. The van der Waals surface area contributed by atoms with Gasteiger partial charge in [-0.1, -0.05) is 6.08 Å². The normalized spacial score (nSPS) is 11.1. The van der Waals surface area contributed by atoms with Gasteiger partial charge in [-0.25, -0.2) is 14.4 Å². The summed E-state index contributed by atoms with van der Waals surface area (Å²) in [5.74, 6) is 0.0699. The summed E-state index contributed by atoms with van der Waals surface area (Å²) in [6.45, 7) is 4.29. The van der Waals surface area contributed by atoms with Gasteiger partial charge in [0.15, 0.2) is 0 Å². The maximum absolute atomic E-state index is 14.1. The zero-order chi connectivity index (χ0) is 20.0. The summed E-state index contributed by atoms with van der Waals surface area (Å²) in [4.78, 5) is 10.6. The molecule has 3 aromatic heterocycles. The predicted molar refractivity (Wildman–Crippen MR) is 108 cm³/mol. The zero-order valence-electron chi connectivity index (χ0n) is 15.5. The lowest BCUT2D eigenvalue weighted by Crippen LogP contribution is -2.14. The van der Waals surface area contributed by atoms with Gasteiger partial charge in [0, 0.05) is 24.5 Å². The van der Waals surface area contributed by atoms with Gasteiger partial charge < -0.3 is 13.9 Å². The summed E-state index contributed by atoms with van der Waals surface area (Å²) in [5.41, 5.74) is 3.82. The van der Waals surface area contributed by atoms with Crippen molar-refractivity contribution in [3.8, 4) is 17.3 Å². The van der Waals surface area contributed by atoms with E-state index in [0.29, 0.717) is 29.1 Å². The lowest BCUT2D eigenvalue weighted by atomic mass is 10.1. The van der Waals surface area contributed by atoms with E-state index >= 15 is 0 Å². The average molecular weight is 370 g/mol. The first-order valence-corrected chi connectivity index (χ1v) is 8.59. The Kier molecular flexibility index (Phi) is 4.15. The van der Waals surface area contributed by atoms with Gasteiger partial charge in [-0.15, -0.1) is 6.58 Å². The molecule has 8 heteroatoms. The minimum Gasteiger partial charge on any atom is -0.411 e. The third-order valence-electron chi connectivity index (χ3n) is 4.65. The molecule has 2 radical (unpaired) electrons. The van der Waals surface area contributed by atoms with Crippen molar-refractivity contribution in [2.75, 3.05) is 11.9 Å². The van der Waals surface area contributed by atoms with Crippen LogP contribution in [0.3, 0.4) is 0 Å². The molecule has 28 heavy (non-hydrogen) atoms. The van der Waals surface area contributed by atoms with Gasteiger partial charge in [-0.3, -0.25) is 0 Å². The van der Waals surface area contributed by atoms with Gasteiger partial charge >= 0.3 is 0 Å². The maximum Gasteiger partial charge on any atom is 0.228 e. The van der Waals surface area contributed by atoms with Crippen LogP contribution in [0.15, 0.2) is 43.2 Å². The van der Waals surface area contributed by atoms with Crippen LogP contribution in [0.25, 0.3) is 33.3 Å². The molecule has 0 atom stereocenters. The molecular formula is C20H16BFN6. The highest BCUT2D eigenvalue weighted by Crippen LogP contribution is 2.35. The summed E-state index contributed by atoms with van der Waals surface area (Å²) in [6.07, 6.45) is 3.45. The van der Waals surface area contributed by atoms with E-state index in [9.17, 15) is 9.65 Å². The number of nitriles is 1. The Morgan fingerprint density at radius 1 is 1.36 bits per heavy atom. The SMILES string of the molecule is [B]N(C)c1nc2c(cc(-c3cc(F)cc(C#N)c3)n2CC=C)c2c1ncn2C. The molecule has 0 fully saturated rings.